The first-order valence-corrected chi connectivity index (χ1v) is 9.73. The lowest BCUT2D eigenvalue weighted by molar-refractivity contribution is 0.154. The van der Waals surface area contributed by atoms with Gasteiger partial charge in [-0.3, -0.25) is 4.90 Å². The van der Waals surface area contributed by atoms with E-state index >= 15 is 0 Å². The highest BCUT2D eigenvalue weighted by Gasteiger charge is 2.35. The molecule has 3 heterocycles. The maximum absolute atomic E-state index is 12.4. The van der Waals surface area contributed by atoms with Crippen molar-refractivity contribution in [1.82, 2.24) is 9.62 Å². The molecule has 2 aliphatic heterocycles. The van der Waals surface area contributed by atoms with E-state index in [0.29, 0.717) is 10.6 Å². The Morgan fingerprint density at radius 3 is 2.67 bits per heavy atom. The molecule has 0 amide bonds. The van der Waals surface area contributed by atoms with Crippen LogP contribution in [0.1, 0.15) is 18.6 Å². The zero-order valence-corrected chi connectivity index (χ0v) is 14.1. The number of hydrogen-bond acceptors (Lipinski definition) is 5. The fourth-order valence-electron chi connectivity index (χ4n) is 3.53. The first-order valence-electron chi connectivity index (χ1n) is 8.24. The molecule has 1 aromatic heterocycles. The van der Waals surface area contributed by atoms with E-state index in [9.17, 15) is 8.42 Å². The average Bonchev–Trinajstić information content (AvgIpc) is 3.08. The molecule has 0 saturated carbocycles. The fourth-order valence-corrected chi connectivity index (χ4v) is 4.92. The minimum atomic E-state index is -3.44. The number of anilines is 1. The number of nitrogens with zero attached hydrogens (tertiary/aromatic N) is 1. The molecule has 0 spiro atoms. The van der Waals surface area contributed by atoms with Gasteiger partial charge in [0.1, 0.15) is 10.7 Å². The van der Waals surface area contributed by atoms with Gasteiger partial charge in [-0.2, -0.15) is 4.72 Å². The summed E-state index contributed by atoms with van der Waals surface area (Å²) >= 11 is 0. The second kappa shape index (κ2) is 6.23. The van der Waals surface area contributed by atoms with Crippen LogP contribution in [0.3, 0.4) is 0 Å². The van der Waals surface area contributed by atoms with E-state index in [1.165, 1.54) is 0 Å². The van der Waals surface area contributed by atoms with E-state index in [-0.39, 0.29) is 12.1 Å². The summed E-state index contributed by atoms with van der Waals surface area (Å²) < 4.78 is 33.1. The van der Waals surface area contributed by atoms with Gasteiger partial charge in [0.15, 0.2) is 0 Å². The van der Waals surface area contributed by atoms with Crippen LogP contribution in [-0.2, 0) is 16.6 Å². The van der Waals surface area contributed by atoms with Crippen LogP contribution < -0.4 is 10.0 Å². The highest BCUT2D eigenvalue weighted by Crippen LogP contribution is 2.30. The third-order valence-corrected chi connectivity index (χ3v) is 6.33. The minimum absolute atomic E-state index is 0.240. The van der Waals surface area contributed by atoms with Gasteiger partial charge in [0.2, 0.25) is 10.0 Å². The van der Waals surface area contributed by atoms with Crippen molar-refractivity contribution in [2.45, 2.75) is 30.4 Å². The zero-order chi connectivity index (χ0) is 16.6. The van der Waals surface area contributed by atoms with Crippen LogP contribution in [0.2, 0.25) is 0 Å². The molecule has 0 aliphatic carbocycles. The molecule has 0 bridgehead atoms. The molecule has 2 N–H and O–H groups in total. The van der Waals surface area contributed by atoms with E-state index in [1.807, 2.05) is 24.3 Å². The molecule has 2 aliphatic rings. The van der Waals surface area contributed by atoms with Gasteiger partial charge >= 0.3 is 0 Å². The van der Waals surface area contributed by atoms with E-state index in [4.69, 9.17) is 4.42 Å². The molecular formula is C17H21N3O3S. The average molecular weight is 347 g/mol. The second-order valence-electron chi connectivity index (χ2n) is 6.43. The summed E-state index contributed by atoms with van der Waals surface area (Å²) in [5.74, 6) is 1.25. The van der Waals surface area contributed by atoms with Crippen molar-refractivity contribution in [3.05, 3.63) is 48.4 Å². The fraction of sp³-hybridized carbons (Fsp3) is 0.412. The standard InChI is InChI=1S/C17H21N3O3S/c21-24(22)16-6-2-1-5-15(16)18-17(19-24)13-7-9-20(10-8-13)12-14-4-3-11-23-14/h1-6,11,13,17-19H,7-10,12H2/t17-/m1/s1. The third-order valence-electron chi connectivity index (χ3n) is 4.83. The molecule has 1 atom stereocenters. The number of piperidine rings is 1. The summed E-state index contributed by atoms with van der Waals surface area (Å²) in [5.41, 5.74) is 0.694. The lowest BCUT2D eigenvalue weighted by atomic mass is 9.93. The molecule has 2 aromatic rings. The van der Waals surface area contributed by atoms with Gasteiger partial charge in [0.25, 0.3) is 0 Å². The van der Waals surface area contributed by atoms with Crippen LogP contribution >= 0.6 is 0 Å². The summed E-state index contributed by atoms with van der Waals surface area (Å²) in [5, 5.41) is 3.36. The topological polar surface area (TPSA) is 74.6 Å². The quantitative estimate of drug-likeness (QED) is 0.890. The van der Waals surface area contributed by atoms with Crippen LogP contribution in [0.5, 0.6) is 0 Å². The number of likely N-dealkylation sites (tertiary alicyclic amines) is 1. The van der Waals surface area contributed by atoms with E-state index in [0.717, 1.165) is 38.2 Å². The lowest BCUT2D eigenvalue weighted by Gasteiger charge is -2.38. The molecule has 4 rings (SSSR count). The van der Waals surface area contributed by atoms with Gasteiger partial charge in [-0.1, -0.05) is 12.1 Å². The monoisotopic (exact) mass is 347 g/mol. The van der Waals surface area contributed by atoms with E-state index in [1.54, 1.807) is 18.4 Å². The molecule has 0 radical (unpaired) electrons. The van der Waals surface area contributed by atoms with Gasteiger partial charge < -0.3 is 9.73 Å². The van der Waals surface area contributed by atoms with Gasteiger partial charge in [0, 0.05) is 0 Å². The maximum atomic E-state index is 12.4. The highest BCUT2D eigenvalue weighted by atomic mass is 32.2. The maximum Gasteiger partial charge on any atom is 0.244 e. The summed E-state index contributed by atoms with van der Waals surface area (Å²) in [6.07, 6.45) is 3.35. The molecule has 0 unspecified atom stereocenters. The lowest BCUT2D eigenvalue weighted by Crippen LogP contribution is -2.51. The molecule has 7 heteroatoms. The van der Waals surface area contributed by atoms with Crippen LogP contribution in [0.25, 0.3) is 0 Å². The van der Waals surface area contributed by atoms with Gasteiger partial charge in [-0.15, -0.1) is 0 Å². The number of fused-ring (bicyclic) bond motifs is 1. The molecule has 24 heavy (non-hydrogen) atoms. The summed E-state index contributed by atoms with van der Waals surface area (Å²) in [6, 6.07) is 10.9. The Balaban J connectivity index is 1.41. The highest BCUT2D eigenvalue weighted by molar-refractivity contribution is 7.89. The van der Waals surface area contributed by atoms with Gasteiger partial charge in [-0.05, 0) is 56.1 Å². The van der Waals surface area contributed by atoms with Crippen molar-refractivity contribution in [2.24, 2.45) is 5.92 Å². The molecule has 1 aromatic carbocycles. The largest absolute Gasteiger partial charge is 0.468 e. The van der Waals surface area contributed by atoms with Crippen molar-refractivity contribution in [2.75, 3.05) is 18.4 Å². The number of nitrogens with one attached hydrogen (secondary N) is 2. The Morgan fingerprint density at radius 2 is 1.92 bits per heavy atom. The first kappa shape index (κ1) is 15.7. The van der Waals surface area contributed by atoms with Crippen LogP contribution in [0, 0.1) is 5.92 Å². The Kier molecular flexibility index (Phi) is 4.07. The third kappa shape index (κ3) is 3.07. The Labute approximate surface area is 141 Å². The SMILES string of the molecule is O=S1(=O)N[C@H](C2CCN(Cc3ccco3)CC2)Nc2ccccc21. The number of furan rings is 1. The van der Waals surface area contributed by atoms with Crippen LogP contribution in [-0.4, -0.2) is 32.6 Å². The summed E-state index contributed by atoms with van der Waals surface area (Å²) in [7, 11) is -3.44. The second-order valence-corrected chi connectivity index (χ2v) is 8.11. The Bertz CT molecular complexity index is 796. The smallest absolute Gasteiger partial charge is 0.244 e. The summed E-state index contributed by atoms with van der Waals surface area (Å²) in [6.45, 7) is 2.69. The number of rotatable bonds is 3. The molecule has 128 valence electrons. The molecular weight excluding hydrogens is 326 g/mol. The van der Waals surface area contributed by atoms with Crippen molar-refractivity contribution in [3.8, 4) is 0 Å². The van der Waals surface area contributed by atoms with Gasteiger partial charge in [-0.25, -0.2) is 8.42 Å². The van der Waals surface area contributed by atoms with Crippen molar-refractivity contribution in [1.29, 1.82) is 0 Å². The van der Waals surface area contributed by atoms with Crippen molar-refractivity contribution in [3.63, 3.8) is 0 Å². The first-order chi connectivity index (χ1) is 11.6. The minimum Gasteiger partial charge on any atom is -0.468 e. The predicted octanol–water partition coefficient (Wildman–Crippen LogP) is 2.22. The number of para-hydroxylation sites is 1. The number of benzene rings is 1. The number of hydrogen-bond donors (Lipinski definition) is 2. The number of sulfonamides is 1. The Hall–Kier alpha value is -1.83. The van der Waals surface area contributed by atoms with Crippen molar-refractivity contribution >= 4 is 15.7 Å². The van der Waals surface area contributed by atoms with Crippen LogP contribution in [0.15, 0.2) is 52.0 Å². The Morgan fingerprint density at radius 1 is 1.12 bits per heavy atom. The molecule has 1 saturated heterocycles. The van der Waals surface area contributed by atoms with E-state index < -0.39 is 10.0 Å². The van der Waals surface area contributed by atoms with Crippen molar-refractivity contribution < 1.29 is 12.8 Å². The predicted molar refractivity (Wildman–Crippen MR) is 90.9 cm³/mol. The molecule has 6 nitrogen and oxygen atoms in total. The summed E-state index contributed by atoms with van der Waals surface area (Å²) in [4.78, 5) is 2.68. The zero-order valence-electron chi connectivity index (χ0n) is 13.3. The van der Waals surface area contributed by atoms with Gasteiger partial charge in [0.05, 0.1) is 24.7 Å². The van der Waals surface area contributed by atoms with E-state index in [2.05, 4.69) is 14.9 Å². The molecule has 1 fully saturated rings. The van der Waals surface area contributed by atoms with Crippen LogP contribution in [0.4, 0.5) is 5.69 Å². The normalized spacial score (nSPS) is 24.2.